The van der Waals surface area contributed by atoms with E-state index in [0.29, 0.717) is 0 Å². The monoisotopic (exact) mass is 771 g/mol. The summed E-state index contributed by atoms with van der Waals surface area (Å²) in [5.74, 6) is -4.93. The number of carbonyl (C=O) groups is 7. The quantitative estimate of drug-likeness (QED) is 0.0943. The van der Waals surface area contributed by atoms with E-state index in [1.54, 1.807) is 83.1 Å². The highest BCUT2D eigenvalue weighted by atomic mass is 16.6. The summed E-state index contributed by atoms with van der Waals surface area (Å²) >= 11 is 0. The van der Waals surface area contributed by atoms with Crippen molar-refractivity contribution in [2.75, 3.05) is 6.61 Å². The van der Waals surface area contributed by atoms with Gasteiger partial charge in [-0.05, 0) is 115 Å². The van der Waals surface area contributed by atoms with E-state index in [2.05, 4.69) is 21.3 Å². The molecular weight excluding hydrogens is 702 g/mol. The Hall–Kier alpha value is -3.79. The highest BCUT2D eigenvalue weighted by Crippen LogP contribution is 2.14. The molecule has 0 unspecified atom stereocenters. The van der Waals surface area contributed by atoms with Gasteiger partial charge >= 0.3 is 17.9 Å². The average Bonchev–Trinajstić information content (AvgIpc) is 2.95. The molecule has 0 aliphatic rings. The Kier molecular flexibility index (Phi) is 19.8. The molecule has 0 saturated carbocycles. The lowest BCUT2D eigenvalue weighted by Gasteiger charge is -2.29. The third kappa shape index (κ3) is 23.8. The summed E-state index contributed by atoms with van der Waals surface area (Å²) in [6.07, 6.45) is -0.549. The maximum Gasteiger partial charge on any atom is 0.328 e. The van der Waals surface area contributed by atoms with Crippen molar-refractivity contribution in [1.82, 2.24) is 21.3 Å². The van der Waals surface area contributed by atoms with Gasteiger partial charge in [-0.2, -0.15) is 0 Å². The zero-order valence-corrected chi connectivity index (χ0v) is 35.3. The molecule has 0 aromatic carbocycles. The van der Waals surface area contributed by atoms with Gasteiger partial charge in [-0.25, -0.2) is 4.79 Å². The van der Waals surface area contributed by atoms with Crippen LogP contribution in [0.25, 0.3) is 0 Å². The largest absolute Gasteiger partial charge is 0.460 e. The average molecular weight is 772 g/mol. The summed E-state index contributed by atoms with van der Waals surface area (Å²) in [5.41, 5.74) is 3.01. The maximum atomic E-state index is 13.8. The van der Waals surface area contributed by atoms with E-state index in [1.165, 1.54) is 6.92 Å². The molecule has 0 saturated heterocycles. The molecule has 16 nitrogen and oxygen atoms in total. The van der Waals surface area contributed by atoms with Gasteiger partial charge in [0.1, 0.15) is 41.0 Å². The molecule has 0 fully saturated rings. The predicted octanol–water partition coefficient (Wildman–Crippen LogP) is 2.72. The van der Waals surface area contributed by atoms with Gasteiger partial charge in [-0.3, -0.25) is 28.8 Å². The maximum absolute atomic E-state index is 13.8. The first-order valence-electron chi connectivity index (χ1n) is 18.6. The molecule has 0 bridgehead atoms. The summed E-state index contributed by atoms with van der Waals surface area (Å²) in [6, 6.07) is -6.08. The second-order valence-corrected chi connectivity index (χ2v) is 17.9. The lowest BCUT2D eigenvalue weighted by atomic mass is 10.0. The van der Waals surface area contributed by atoms with Crippen molar-refractivity contribution in [3.8, 4) is 0 Å². The van der Waals surface area contributed by atoms with Crippen LogP contribution in [0.4, 0.5) is 0 Å². The van der Waals surface area contributed by atoms with Crippen LogP contribution in [0.1, 0.15) is 136 Å². The van der Waals surface area contributed by atoms with Gasteiger partial charge in [-0.15, -0.1) is 0 Å². The molecule has 0 aliphatic heterocycles. The summed E-state index contributed by atoms with van der Waals surface area (Å²) in [4.78, 5) is 91.6. The van der Waals surface area contributed by atoms with E-state index in [-0.39, 0.29) is 44.6 Å². The minimum atomic E-state index is -1.37. The number of hydrogen-bond acceptors (Lipinski definition) is 12. The molecular formula is C38H69N5O11. The molecule has 54 heavy (non-hydrogen) atoms. The Morgan fingerprint density at radius 3 is 1.37 bits per heavy atom. The smallest absolute Gasteiger partial charge is 0.328 e. The third-order valence-corrected chi connectivity index (χ3v) is 6.88. The van der Waals surface area contributed by atoms with Crippen LogP contribution < -0.4 is 27.0 Å². The number of rotatable bonds is 19. The standard InChI is InChI=1S/C38H69N5O11/c1-22(2)20-26(32(48)40-23(3)34(50)54-38(13,14)15)42-33(49)27(21-51-35(4,5)6)43-31(47)25(17-19-29(45)53-37(10,11)12)41-30(46)24(39)16-18-28(44)52-36(7,8)9/h22-27H,16-21,39H2,1-15H3,(H,40,48)(H,41,46)(H,42,49)(H,43,47)/t23-,24-,25-,26-,27-/m0/s1. The predicted molar refractivity (Wildman–Crippen MR) is 203 cm³/mol. The number of nitrogens with two attached hydrogens (primary N) is 1. The van der Waals surface area contributed by atoms with Crippen molar-refractivity contribution < 1.29 is 52.5 Å². The van der Waals surface area contributed by atoms with Gasteiger partial charge in [0.25, 0.3) is 0 Å². The minimum Gasteiger partial charge on any atom is -0.460 e. The fourth-order valence-electron chi connectivity index (χ4n) is 4.53. The lowest BCUT2D eigenvalue weighted by molar-refractivity contribution is -0.158. The van der Waals surface area contributed by atoms with Crippen LogP contribution in [-0.4, -0.2) is 101 Å². The van der Waals surface area contributed by atoms with Crippen LogP contribution in [0, 0.1) is 5.92 Å². The fraction of sp³-hybridized carbons (Fsp3) is 0.816. The van der Waals surface area contributed by atoms with Crippen LogP contribution in [0.5, 0.6) is 0 Å². The highest BCUT2D eigenvalue weighted by Gasteiger charge is 2.34. The first-order chi connectivity index (χ1) is 24.3. The van der Waals surface area contributed by atoms with Crippen LogP contribution in [0.2, 0.25) is 0 Å². The Balaban J connectivity index is 6.29. The molecule has 0 radical (unpaired) electrons. The van der Waals surface area contributed by atoms with Crippen molar-refractivity contribution in [1.29, 1.82) is 0 Å². The molecule has 0 spiro atoms. The Morgan fingerprint density at radius 1 is 0.519 bits per heavy atom. The van der Waals surface area contributed by atoms with Crippen LogP contribution in [0.3, 0.4) is 0 Å². The van der Waals surface area contributed by atoms with E-state index in [1.807, 2.05) is 13.8 Å². The van der Waals surface area contributed by atoms with Crippen LogP contribution >= 0.6 is 0 Å². The highest BCUT2D eigenvalue weighted by molar-refractivity contribution is 5.95. The molecule has 4 amide bonds. The zero-order chi connectivity index (χ0) is 42.4. The number of nitrogens with one attached hydrogen (secondary N) is 4. The van der Waals surface area contributed by atoms with Crippen molar-refractivity contribution in [3.63, 3.8) is 0 Å². The van der Waals surface area contributed by atoms with E-state index >= 15 is 0 Å². The van der Waals surface area contributed by atoms with Gasteiger partial charge in [0.2, 0.25) is 23.6 Å². The summed E-state index contributed by atoms with van der Waals surface area (Å²) in [5, 5.41) is 10.4. The molecule has 5 atom stereocenters. The molecule has 312 valence electrons. The number of hydrogen-bond donors (Lipinski definition) is 5. The third-order valence-electron chi connectivity index (χ3n) is 6.88. The van der Waals surface area contributed by atoms with Gasteiger partial charge in [0.15, 0.2) is 0 Å². The SMILES string of the molecule is CC(C)C[C@H](NC(=O)[C@H](COC(C)(C)C)NC(=O)[C@H](CCC(=O)OC(C)(C)C)NC(=O)[C@@H](N)CCC(=O)OC(C)(C)C)C(=O)N[C@@H](C)C(=O)OC(C)(C)C. The number of amides is 4. The van der Waals surface area contributed by atoms with E-state index < -0.39 is 94.2 Å². The minimum absolute atomic E-state index is 0.0660. The van der Waals surface area contributed by atoms with E-state index in [4.69, 9.17) is 24.7 Å². The summed E-state index contributed by atoms with van der Waals surface area (Å²) < 4.78 is 21.9. The fourth-order valence-corrected chi connectivity index (χ4v) is 4.53. The normalized spacial score (nSPS) is 15.1. The van der Waals surface area contributed by atoms with Gasteiger partial charge in [-0.1, -0.05) is 13.8 Å². The summed E-state index contributed by atoms with van der Waals surface area (Å²) in [6.45, 7) is 25.4. The second kappa shape index (κ2) is 21.3. The van der Waals surface area contributed by atoms with Crippen LogP contribution in [-0.2, 0) is 52.5 Å². The molecule has 0 aromatic heterocycles. The van der Waals surface area contributed by atoms with Gasteiger partial charge in [0, 0.05) is 12.8 Å². The topological polar surface area (TPSA) is 231 Å². The molecule has 0 rings (SSSR count). The Bertz CT molecular complexity index is 1290. The lowest BCUT2D eigenvalue weighted by Crippen LogP contribution is -2.60. The van der Waals surface area contributed by atoms with Crippen molar-refractivity contribution in [2.45, 2.75) is 189 Å². The molecule has 6 N–H and O–H groups in total. The Morgan fingerprint density at radius 2 is 0.926 bits per heavy atom. The first-order valence-corrected chi connectivity index (χ1v) is 18.6. The van der Waals surface area contributed by atoms with E-state index in [9.17, 15) is 33.6 Å². The number of carbonyl (C=O) groups excluding carboxylic acids is 7. The van der Waals surface area contributed by atoms with Crippen molar-refractivity contribution in [3.05, 3.63) is 0 Å². The first kappa shape index (κ1) is 50.2. The molecule has 0 aliphatic carbocycles. The zero-order valence-electron chi connectivity index (χ0n) is 35.3. The number of ether oxygens (including phenoxy) is 4. The summed E-state index contributed by atoms with van der Waals surface area (Å²) in [7, 11) is 0. The van der Waals surface area contributed by atoms with Gasteiger partial charge < -0.3 is 45.9 Å². The van der Waals surface area contributed by atoms with Crippen LogP contribution in [0.15, 0.2) is 0 Å². The molecule has 16 heteroatoms. The van der Waals surface area contributed by atoms with Crippen molar-refractivity contribution in [2.24, 2.45) is 11.7 Å². The van der Waals surface area contributed by atoms with E-state index in [0.717, 1.165) is 0 Å². The Labute approximate surface area is 321 Å². The number of esters is 3. The second-order valence-electron chi connectivity index (χ2n) is 17.9. The molecule has 0 heterocycles. The van der Waals surface area contributed by atoms with Crippen molar-refractivity contribution >= 4 is 41.5 Å². The van der Waals surface area contributed by atoms with Gasteiger partial charge in [0.05, 0.1) is 18.2 Å². The molecule has 0 aromatic rings.